The van der Waals surface area contributed by atoms with E-state index < -0.39 is 0 Å². The van der Waals surface area contributed by atoms with Crippen LogP contribution in [0.1, 0.15) is 64.5 Å². The molecule has 244 valence electrons. The second-order valence-electron chi connectivity index (χ2n) is 12.1. The SMILES string of the molecule is CCCP(CCC)c1cc2ccccc2[cH-]1.CCCP(CCC)c1cc2ccccc2[cH-]1.[Zr+2].c1ccc(CCc2ccccc2)cc1. The van der Waals surface area contributed by atoms with Gasteiger partial charge in [-0.05, 0) is 48.6 Å². The summed E-state index contributed by atoms with van der Waals surface area (Å²) in [5.74, 6) is 0. The fraction of sp³-hybridized carbons (Fsp3) is 0.318. The van der Waals surface area contributed by atoms with Crippen molar-refractivity contribution in [3.05, 3.63) is 145 Å². The van der Waals surface area contributed by atoms with E-state index in [1.807, 2.05) is 0 Å². The minimum Gasteiger partial charge on any atom is -0.161 e. The molecule has 0 amide bonds. The largest absolute Gasteiger partial charge is 2.00 e. The van der Waals surface area contributed by atoms with Gasteiger partial charge in [-0.2, -0.15) is 12.1 Å². The minimum absolute atomic E-state index is 0. The Balaban J connectivity index is 0.000000190. The first-order valence-corrected chi connectivity index (χ1v) is 21.0. The quantitative estimate of drug-likeness (QED) is 0.0818. The van der Waals surface area contributed by atoms with Gasteiger partial charge >= 0.3 is 26.2 Å². The van der Waals surface area contributed by atoms with Crippen LogP contribution in [0.15, 0.2) is 133 Å². The van der Waals surface area contributed by atoms with Crippen LogP contribution in [0.5, 0.6) is 0 Å². The van der Waals surface area contributed by atoms with E-state index in [2.05, 4.69) is 161 Å². The molecule has 0 aromatic heterocycles. The van der Waals surface area contributed by atoms with Gasteiger partial charge in [-0.25, -0.2) is 0 Å². The monoisotopic (exact) mass is 734 g/mol. The molecule has 0 nitrogen and oxygen atoms in total. The van der Waals surface area contributed by atoms with Crippen molar-refractivity contribution in [1.82, 2.24) is 0 Å². The molecule has 6 aromatic rings. The molecule has 0 bridgehead atoms. The molecule has 0 atom stereocenters. The Morgan fingerprint density at radius 3 is 1.06 bits per heavy atom. The number of hydrogen-bond acceptors (Lipinski definition) is 0. The van der Waals surface area contributed by atoms with E-state index in [-0.39, 0.29) is 42.0 Å². The fourth-order valence-corrected chi connectivity index (χ4v) is 11.0. The van der Waals surface area contributed by atoms with Crippen LogP contribution < -0.4 is 10.6 Å². The molecule has 47 heavy (non-hydrogen) atoms. The maximum atomic E-state index is 2.41. The maximum absolute atomic E-state index is 2.41. The van der Waals surface area contributed by atoms with Gasteiger partial charge in [0, 0.05) is 0 Å². The molecule has 3 heteroatoms. The summed E-state index contributed by atoms with van der Waals surface area (Å²) < 4.78 is 0. The van der Waals surface area contributed by atoms with Crippen LogP contribution in [0.4, 0.5) is 0 Å². The Morgan fingerprint density at radius 2 is 0.745 bits per heavy atom. The van der Waals surface area contributed by atoms with E-state index in [0.29, 0.717) is 0 Å². The van der Waals surface area contributed by atoms with Gasteiger partial charge in [0.2, 0.25) is 0 Å². The van der Waals surface area contributed by atoms with Gasteiger partial charge in [0.05, 0.1) is 0 Å². The predicted molar refractivity (Wildman–Crippen MR) is 213 cm³/mol. The third kappa shape index (κ3) is 13.0. The van der Waals surface area contributed by atoms with Gasteiger partial charge in [-0.1, -0.05) is 142 Å². The van der Waals surface area contributed by atoms with Gasteiger partial charge in [0.15, 0.2) is 0 Å². The number of rotatable bonds is 13. The molecule has 6 rings (SSSR count). The zero-order valence-corrected chi connectivity index (χ0v) is 33.4. The molecule has 0 N–H and O–H groups in total. The summed E-state index contributed by atoms with van der Waals surface area (Å²) in [6, 6.07) is 48.3. The van der Waals surface area contributed by atoms with Gasteiger partial charge in [-0.3, -0.25) is 0 Å². The molecule has 0 fully saturated rings. The fourth-order valence-electron chi connectivity index (χ4n) is 6.03. The van der Waals surface area contributed by atoms with Crippen LogP contribution in [0.25, 0.3) is 21.5 Å². The summed E-state index contributed by atoms with van der Waals surface area (Å²) in [6.07, 6.45) is 13.1. The van der Waals surface area contributed by atoms with Gasteiger partial charge in [0.1, 0.15) is 0 Å². The van der Waals surface area contributed by atoms with Gasteiger partial charge in [-0.15, -0.1) is 80.7 Å². The molecular formula is C44H54P2Zr. The average molecular weight is 736 g/mol. The Kier molecular flexibility index (Phi) is 18.8. The molecular weight excluding hydrogens is 682 g/mol. The molecule has 0 saturated heterocycles. The van der Waals surface area contributed by atoms with Crippen molar-refractivity contribution in [2.75, 3.05) is 24.6 Å². The molecule has 0 radical (unpaired) electrons. The summed E-state index contributed by atoms with van der Waals surface area (Å²) in [6.45, 7) is 9.20. The Bertz CT molecular complexity index is 1450. The first-order chi connectivity index (χ1) is 22.6. The predicted octanol–water partition coefficient (Wildman–Crippen LogP) is 12.4. The van der Waals surface area contributed by atoms with Crippen LogP contribution in [0.2, 0.25) is 0 Å². The Morgan fingerprint density at radius 1 is 0.426 bits per heavy atom. The first kappa shape index (κ1) is 39.3. The summed E-state index contributed by atoms with van der Waals surface area (Å²) in [4.78, 5) is 0. The third-order valence-corrected chi connectivity index (χ3v) is 14.2. The summed E-state index contributed by atoms with van der Waals surface area (Å²) >= 11 is 0. The third-order valence-electron chi connectivity index (χ3n) is 8.30. The van der Waals surface area contributed by atoms with Crippen molar-refractivity contribution >= 4 is 48.0 Å². The Labute approximate surface area is 307 Å². The number of benzene rings is 4. The molecule has 0 aliphatic carbocycles. The van der Waals surface area contributed by atoms with E-state index in [9.17, 15) is 0 Å². The van der Waals surface area contributed by atoms with E-state index in [1.165, 1.54) is 83.0 Å². The average Bonchev–Trinajstić information content (AvgIpc) is 3.74. The number of aryl methyl sites for hydroxylation is 2. The minimum atomic E-state index is 0. The second-order valence-corrected chi connectivity index (χ2v) is 17.1. The van der Waals surface area contributed by atoms with E-state index >= 15 is 0 Å². The zero-order chi connectivity index (χ0) is 32.4. The van der Waals surface area contributed by atoms with Crippen molar-refractivity contribution < 1.29 is 26.2 Å². The smallest absolute Gasteiger partial charge is 0.161 e. The number of hydrogen-bond donors (Lipinski definition) is 0. The van der Waals surface area contributed by atoms with Crippen molar-refractivity contribution in [3.63, 3.8) is 0 Å². The number of fused-ring (bicyclic) bond motifs is 2. The van der Waals surface area contributed by atoms with Gasteiger partial charge < -0.3 is 0 Å². The van der Waals surface area contributed by atoms with Crippen molar-refractivity contribution in [2.45, 2.75) is 66.2 Å². The standard InChI is InChI=1S/2C15H20P.C14H14.Zr/c2*1-3-9-16(10-4-2)15-11-13-7-5-6-8-14(13)12-15;1-3-7-13(8-4-1)11-12-14-9-5-2-6-10-14;/h2*5-8,11-12H,3-4,9-10H2,1-2H3;1-10H,11-12H2;/q2*-1;;+2. The van der Waals surface area contributed by atoms with E-state index in [0.717, 1.165) is 12.8 Å². The molecule has 0 heterocycles. The van der Waals surface area contributed by atoms with Crippen LogP contribution in [0.3, 0.4) is 0 Å². The maximum Gasteiger partial charge on any atom is 2.00 e. The van der Waals surface area contributed by atoms with Crippen molar-refractivity contribution in [3.8, 4) is 0 Å². The molecule has 0 unspecified atom stereocenters. The second kappa shape index (κ2) is 22.5. The van der Waals surface area contributed by atoms with Crippen LogP contribution in [0, 0.1) is 0 Å². The molecule has 0 aliphatic heterocycles. The Hall–Kier alpha value is -2.16. The van der Waals surface area contributed by atoms with Crippen LogP contribution in [-0.4, -0.2) is 24.6 Å². The molecule has 0 aliphatic rings. The van der Waals surface area contributed by atoms with Crippen LogP contribution in [-0.2, 0) is 39.0 Å². The summed E-state index contributed by atoms with van der Waals surface area (Å²) in [7, 11) is 0.194. The topological polar surface area (TPSA) is 0 Å². The summed E-state index contributed by atoms with van der Waals surface area (Å²) in [5, 5.41) is 8.88. The molecule has 0 saturated carbocycles. The van der Waals surface area contributed by atoms with E-state index in [1.54, 1.807) is 10.6 Å². The van der Waals surface area contributed by atoms with Crippen LogP contribution >= 0.6 is 15.8 Å². The van der Waals surface area contributed by atoms with Gasteiger partial charge in [0.25, 0.3) is 0 Å². The summed E-state index contributed by atoms with van der Waals surface area (Å²) in [5.41, 5.74) is 2.83. The van der Waals surface area contributed by atoms with Crippen molar-refractivity contribution in [2.24, 2.45) is 0 Å². The zero-order valence-electron chi connectivity index (χ0n) is 29.2. The normalized spacial score (nSPS) is 10.8. The van der Waals surface area contributed by atoms with E-state index in [4.69, 9.17) is 0 Å². The van der Waals surface area contributed by atoms with Crippen molar-refractivity contribution in [1.29, 1.82) is 0 Å². The molecule has 6 aromatic carbocycles. The molecule has 0 spiro atoms. The first-order valence-electron chi connectivity index (χ1n) is 17.5.